The molecule has 0 aliphatic carbocycles. The van der Waals surface area contributed by atoms with Crippen LogP contribution in [0.4, 0.5) is 5.82 Å². The van der Waals surface area contributed by atoms with Crippen LogP contribution in [0.3, 0.4) is 0 Å². The van der Waals surface area contributed by atoms with E-state index in [1.807, 2.05) is 0 Å². The van der Waals surface area contributed by atoms with Crippen LogP contribution in [0.15, 0.2) is 24.3 Å². The Morgan fingerprint density at radius 3 is 2.20 bits per heavy atom. The first-order valence-corrected chi connectivity index (χ1v) is 7.40. The molecule has 0 fully saturated rings. The Hall–Kier alpha value is -1.90. The van der Waals surface area contributed by atoms with Crippen molar-refractivity contribution in [3.8, 4) is 11.4 Å². The van der Waals surface area contributed by atoms with Gasteiger partial charge in [-0.1, -0.05) is 38.1 Å². The average Bonchev–Trinajstić information content (AvgIpc) is 2.49. The van der Waals surface area contributed by atoms with Gasteiger partial charge >= 0.3 is 0 Å². The Labute approximate surface area is 121 Å². The topological polar surface area (TPSA) is 37.8 Å². The number of aryl methyl sites for hydroxylation is 2. The van der Waals surface area contributed by atoms with E-state index in [-0.39, 0.29) is 0 Å². The van der Waals surface area contributed by atoms with Crippen LogP contribution in [0.2, 0.25) is 0 Å². The van der Waals surface area contributed by atoms with Gasteiger partial charge < -0.3 is 5.32 Å². The SMILES string of the molecule is CCNc1nc(-c2ccc(CC)cc2)nc(CC)c1C. The summed E-state index contributed by atoms with van der Waals surface area (Å²) in [7, 11) is 0. The highest BCUT2D eigenvalue weighted by Gasteiger charge is 2.10. The standard InChI is InChI=1S/C17H23N3/c1-5-13-8-10-14(11-9-13)17-19-15(6-2)12(4)16(20-17)18-7-3/h8-11H,5-7H2,1-4H3,(H,18,19,20). The summed E-state index contributed by atoms with van der Waals surface area (Å²) in [4.78, 5) is 9.38. The summed E-state index contributed by atoms with van der Waals surface area (Å²) in [6, 6.07) is 8.52. The first-order valence-electron chi connectivity index (χ1n) is 7.40. The quantitative estimate of drug-likeness (QED) is 0.891. The molecule has 1 heterocycles. The molecule has 2 rings (SSSR count). The van der Waals surface area contributed by atoms with Gasteiger partial charge in [-0.2, -0.15) is 0 Å². The zero-order chi connectivity index (χ0) is 14.5. The van der Waals surface area contributed by atoms with Crippen molar-refractivity contribution in [1.82, 2.24) is 9.97 Å². The maximum absolute atomic E-state index is 4.71. The number of benzene rings is 1. The molecule has 0 bridgehead atoms. The van der Waals surface area contributed by atoms with Crippen molar-refractivity contribution in [2.45, 2.75) is 40.5 Å². The normalized spacial score (nSPS) is 10.6. The second kappa shape index (κ2) is 6.51. The van der Waals surface area contributed by atoms with Crippen LogP contribution in [0, 0.1) is 6.92 Å². The molecular weight excluding hydrogens is 246 g/mol. The molecule has 106 valence electrons. The lowest BCUT2D eigenvalue weighted by Gasteiger charge is -2.12. The minimum absolute atomic E-state index is 0.811. The monoisotopic (exact) mass is 269 g/mol. The van der Waals surface area contributed by atoms with Crippen molar-refractivity contribution in [1.29, 1.82) is 0 Å². The second-order valence-electron chi connectivity index (χ2n) is 4.90. The number of hydrogen-bond acceptors (Lipinski definition) is 3. The first-order chi connectivity index (χ1) is 9.69. The Bertz CT molecular complexity index is 574. The number of rotatable bonds is 5. The van der Waals surface area contributed by atoms with Crippen molar-refractivity contribution in [3.63, 3.8) is 0 Å². The Morgan fingerprint density at radius 1 is 0.950 bits per heavy atom. The van der Waals surface area contributed by atoms with E-state index >= 15 is 0 Å². The highest BCUT2D eigenvalue weighted by molar-refractivity contribution is 5.60. The van der Waals surface area contributed by atoms with Gasteiger partial charge in [-0.15, -0.1) is 0 Å². The van der Waals surface area contributed by atoms with Crippen molar-refractivity contribution in [2.24, 2.45) is 0 Å². The van der Waals surface area contributed by atoms with Crippen LogP contribution in [0.25, 0.3) is 11.4 Å². The summed E-state index contributed by atoms with van der Waals surface area (Å²) >= 11 is 0. The number of nitrogens with zero attached hydrogens (tertiary/aromatic N) is 2. The minimum Gasteiger partial charge on any atom is -0.370 e. The first kappa shape index (κ1) is 14.5. The van der Waals surface area contributed by atoms with Crippen LogP contribution in [0.1, 0.15) is 37.6 Å². The fraction of sp³-hybridized carbons (Fsp3) is 0.412. The molecular formula is C17H23N3. The van der Waals surface area contributed by atoms with Gasteiger partial charge in [-0.25, -0.2) is 9.97 Å². The van der Waals surface area contributed by atoms with E-state index in [9.17, 15) is 0 Å². The summed E-state index contributed by atoms with van der Waals surface area (Å²) in [5.74, 6) is 1.76. The van der Waals surface area contributed by atoms with Gasteiger partial charge in [0.05, 0.1) is 0 Å². The molecule has 1 N–H and O–H groups in total. The van der Waals surface area contributed by atoms with Crippen molar-refractivity contribution in [3.05, 3.63) is 41.1 Å². The maximum Gasteiger partial charge on any atom is 0.161 e. The van der Waals surface area contributed by atoms with Gasteiger partial charge in [0.1, 0.15) is 5.82 Å². The average molecular weight is 269 g/mol. The molecule has 0 aliphatic heterocycles. The van der Waals surface area contributed by atoms with Gasteiger partial charge in [0.2, 0.25) is 0 Å². The minimum atomic E-state index is 0.811. The molecule has 1 aromatic heterocycles. The molecule has 0 saturated heterocycles. The van der Waals surface area contributed by atoms with Crippen molar-refractivity contribution in [2.75, 3.05) is 11.9 Å². The van der Waals surface area contributed by atoms with Crippen LogP contribution in [-0.4, -0.2) is 16.5 Å². The Kier molecular flexibility index (Phi) is 4.72. The third-order valence-electron chi connectivity index (χ3n) is 3.55. The molecule has 0 amide bonds. The number of hydrogen-bond donors (Lipinski definition) is 1. The largest absolute Gasteiger partial charge is 0.370 e. The van der Waals surface area contributed by atoms with E-state index in [0.29, 0.717) is 0 Å². The number of aromatic nitrogens is 2. The van der Waals surface area contributed by atoms with Crippen molar-refractivity contribution >= 4 is 5.82 Å². The van der Waals surface area contributed by atoms with Crippen molar-refractivity contribution < 1.29 is 0 Å². The number of anilines is 1. The molecule has 3 heteroatoms. The molecule has 1 aromatic carbocycles. The van der Waals surface area contributed by atoms with E-state index in [0.717, 1.165) is 47.8 Å². The third kappa shape index (κ3) is 2.98. The van der Waals surface area contributed by atoms with Gasteiger partial charge in [-0.05, 0) is 32.3 Å². The molecule has 0 spiro atoms. The van der Waals surface area contributed by atoms with E-state index < -0.39 is 0 Å². The van der Waals surface area contributed by atoms with Crippen LogP contribution in [0.5, 0.6) is 0 Å². The summed E-state index contributed by atoms with van der Waals surface area (Å²) in [6.07, 6.45) is 1.98. The predicted molar refractivity (Wildman–Crippen MR) is 85.1 cm³/mol. The molecule has 20 heavy (non-hydrogen) atoms. The van der Waals surface area contributed by atoms with Gasteiger partial charge in [0.15, 0.2) is 5.82 Å². The van der Waals surface area contributed by atoms with E-state index in [1.54, 1.807) is 0 Å². The molecule has 0 atom stereocenters. The zero-order valence-corrected chi connectivity index (χ0v) is 12.8. The van der Waals surface area contributed by atoms with Crippen LogP contribution >= 0.6 is 0 Å². The molecule has 2 aromatic rings. The maximum atomic E-state index is 4.71. The lowest BCUT2D eigenvalue weighted by molar-refractivity contribution is 0.970. The summed E-state index contributed by atoms with van der Waals surface area (Å²) in [5, 5.41) is 3.33. The molecule has 0 unspecified atom stereocenters. The molecule has 3 nitrogen and oxygen atoms in total. The highest BCUT2D eigenvalue weighted by atomic mass is 15.0. The van der Waals surface area contributed by atoms with Gasteiger partial charge in [0, 0.05) is 23.4 Å². The summed E-state index contributed by atoms with van der Waals surface area (Å²) < 4.78 is 0. The van der Waals surface area contributed by atoms with E-state index in [4.69, 9.17) is 4.98 Å². The highest BCUT2D eigenvalue weighted by Crippen LogP contribution is 2.22. The van der Waals surface area contributed by atoms with Gasteiger partial charge in [0.25, 0.3) is 0 Å². The fourth-order valence-electron chi connectivity index (χ4n) is 2.27. The lowest BCUT2D eigenvalue weighted by Crippen LogP contribution is -2.07. The lowest BCUT2D eigenvalue weighted by atomic mass is 10.1. The zero-order valence-electron chi connectivity index (χ0n) is 12.8. The van der Waals surface area contributed by atoms with Gasteiger partial charge in [-0.3, -0.25) is 0 Å². The smallest absolute Gasteiger partial charge is 0.161 e. The molecule has 0 saturated carbocycles. The van der Waals surface area contributed by atoms with E-state index in [2.05, 4.69) is 62.3 Å². The van der Waals surface area contributed by atoms with Crippen LogP contribution in [-0.2, 0) is 12.8 Å². The summed E-state index contributed by atoms with van der Waals surface area (Å²) in [5.41, 5.74) is 4.69. The Morgan fingerprint density at radius 2 is 1.65 bits per heavy atom. The summed E-state index contributed by atoms with van der Waals surface area (Å²) in [6.45, 7) is 9.34. The van der Waals surface area contributed by atoms with E-state index in [1.165, 1.54) is 5.56 Å². The Balaban J connectivity index is 2.46. The number of nitrogens with one attached hydrogen (secondary N) is 1. The fourth-order valence-corrected chi connectivity index (χ4v) is 2.27. The molecule has 0 radical (unpaired) electrons. The van der Waals surface area contributed by atoms with Crippen LogP contribution < -0.4 is 5.32 Å². The molecule has 0 aliphatic rings. The third-order valence-corrected chi connectivity index (χ3v) is 3.55. The second-order valence-corrected chi connectivity index (χ2v) is 4.90. The predicted octanol–water partition coefficient (Wildman–Crippen LogP) is 4.01.